The highest BCUT2D eigenvalue weighted by Crippen LogP contribution is 2.25. The molecule has 3 heteroatoms. The molecule has 0 spiro atoms. The third-order valence-electron chi connectivity index (χ3n) is 2.30. The fraction of sp³-hybridized carbons (Fsp3) is 0.357. The van der Waals surface area contributed by atoms with Gasteiger partial charge >= 0.3 is 0 Å². The lowest BCUT2D eigenvalue weighted by Gasteiger charge is -2.01. The first-order valence-electron chi connectivity index (χ1n) is 5.74. The van der Waals surface area contributed by atoms with Crippen LogP contribution >= 0.6 is 0 Å². The van der Waals surface area contributed by atoms with E-state index in [1.54, 1.807) is 12.1 Å². The van der Waals surface area contributed by atoms with Gasteiger partial charge in [-0.25, -0.2) is 4.39 Å². The van der Waals surface area contributed by atoms with Crippen molar-refractivity contribution in [2.24, 2.45) is 0 Å². The van der Waals surface area contributed by atoms with Gasteiger partial charge in [-0.1, -0.05) is 27.7 Å². The van der Waals surface area contributed by atoms with Crippen molar-refractivity contribution in [1.82, 2.24) is 4.98 Å². The number of H-pyrrole nitrogens is 1. The number of fused-ring (bicyclic) bond motifs is 1. The van der Waals surface area contributed by atoms with Crippen molar-refractivity contribution in [1.29, 1.82) is 0 Å². The van der Waals surface area contributed by atoms with Gasteiger partial charge in [0.2, 0.25) is 0 Å². The number of aromatic amines is 1. The lowest BCUT2D eigenvalue weighted by atomic mass is 10.0. The van der Waals surface area contributed by atoms with E-state index in [0.29, 0.717) is 5.92 Å². The third-order valence-corrected chi connectivity index (χ3v) is 2.30. The molecule has 0 aliphatic heterocycles. The molecule has 2 aromatic rings. The summed E-state index contributed by atoms with van der Waals surface area (Å²) in [5.74, 6) is 0.254. The molecule has 1 N–H and O–H groups in total. The largest absolute Gasteiger partial charge is 0.361 e. The smallest absolute Gasteiger partial charge is 0.123 e. The van der Waals surface area contributed by atoms with Gasteiger partial charge in [-0.05, 0) is 29.7 Å². The topological polar surface area (TPSA) is 32.9 Å². The molecule has 94 valence electrons. The summed E-state index contributed by atoms with van der Waals surface area (Å²) in [7, 11) is 0. The summed E-state index contributed by atoms with van der Waals surface area (Å²) in [4.78, 5) is 11.1. The van der Waals surface area contributed by atoms with Gasteiger partial charge in [-0.3, -0.25) is 0 Å². The van der Waals surface area contributed by atoms with E-state index in [2.05, 4.69) is 18.8 Å². The predicted octanol–water partition coefficient (Wildman–Crippen LogP) is 4.27. The molecule has 0 atom stereocenters. The van der Waals surface area contributed by atoms with Crippen LogP contribution in [-0.2, 0) is 4.79 Å². The van der Waals surface area contributed by atoms with Crippen molar-refractivity contribution in [3.63, 3.8) is 0 Å². The average molecular weight is 237 g/mol. The maximum atomic E-state index is 12.9. The molecular weight excluding hydrogens is 217 g/mol. The summed E-state index contributed by atoms with van der Waals surface area (Å²) in [6.07, 6.45) is 1.95. The molecule has 0 bridgehead atoms. The molecule has 0 fully saturated rings. The Hall–Kier alpha value is -1.64. The van der Waals surface area contributed by atoms with E-state index in [-0.39, 0.29) is 5.82 Å². The molecule has 0 aliphatic rings. The molecule has 0 aliphatic carbocycles. The Labute approximate surface area is 102 Å². The Balaban J connectivity index is 0.000000581. The SMILES string of the molecule is C=O.CC.CC(C)c1c[nH]c2ccc(F)cc12. The van der Waals surface area contributed by atoms with Gasteiger partial charge in [0.15, 0.2) is 0 Å². The van der Waals surface area contributed by atoms with Crippen LogP contribution in [0.25, 0.3) is 10.9 Å². The molecule has 2 nitrogen and oxygen atoms in total. The summed E-state index contributed by atoms with van der Waals surface area (Å²) in [5.41, 5.74) is 2.18. The van der Waals surface area contributed by atoms with Crippen LogP contribution in [0, 0.1) is 5.82 Å². The first-order valence-corrected chi connectivity index (χ1v) is 5.74. The van der Waals surface area contributed by atoms with Crippen molar-refractivity contribution in [3.05, 3.63) is 35.8 Å². The Morgan fingerprint density at radius 2 is 1.82 bits per heavy atom. The molecule has 0 unspecified atom stereocenters. The maximum absolute atomic E-state index is 12.9. The van der Waals surface area contributed by atoms with Crippen LogP contribution in [0.4, 0.5) is 4.39 Å². The predicted molar refractivity (Wildman–Crippen MR) is 70.8 cm³/mol. The fourth-order valence-corrected chi connectivity index (χ4v) is 1.59. The Bertz CT molecular complexity index is 448. The van der Waals surface area contributed by atoms with E-state index in [9.17, 15) is 4.39 Å². The molecule has 1 aromatic heterocycles. The van der Waals surface area contributed by atoms with E-state index >= 15 is 0 Å². The first-order chi connectivity index (χ1) is 8.18. The van der Waals surface area contributed by atoms with Crippen molar-refractivity contribution in [2.75, 3.05) is 0 Å². The maximum Gasteiger partial charge on any atom is 0.123 e. The first kappa shape index (κ1) is 15.4. The summed E-state index contributed by atoms with van der Waals surface area (Å²) < 4.78 is 12.9. The van der Waals surface area contributed by atoms with E-state index in [1.165, 1.54) is 11.6 Å². The molecule has 1 heterocycles. The number of carbonyl (C=O) groups excluding carboxylic acids is 1. The molecule has 0 saturated heterocycles. The summed E-state index contributed by atoms with van der Waals surface area (Å²) in [5, 5.41) is 0.995. The average Bonchev–Trinajstić information content (AvgIpc) is 2.77. The van der Waals surface area contributed by atoms with Gasteiger partial charge < -0.3 is 9.78 Å². The zero-order chi connectivity index (χ0) is 13.4. The number of benzene rings is 1. The number of nitrogens with one attached hydrogen (secondary N) is 1. The molecule has 1 aromatic carbocycles. The second kappa shape index (κ2) is 7.60. The zero-order valence-electron chi connectivity index (χ0n) is 10.9. The zero-order valence-corrected chi connectivity index (χ0v) is 10.9. The van der Waals surface area contributed by atoms with Crippen molar-refractivity contribution >= 4 is 17.7 Å². The number of aromatic nitrogens is 1. The van der Waals surface area contributed by atoms with E-state index < -0.39 is 0 Å². The molecule has 17 heavy (non-hydrogen) atoms. The molecule has 0 radical (unpaired) electrons. The monoisotopic (exact) mass is 237 g/mol. The van der Waals surface area contributed by atoms with Crippen LogP contribution in [0.2, 0.25) is 0 Å². The third kappa shape index (κ3) is 3.70. The second-order valence-electron chi connectivity index (χ2n) is 3.59. The molecule has 0 amide bonds. The minimum absolute atomic E-state index is 0.172. The minimum Gasteiger partial charge on any atom is -0.361 e. The van der Waals surface area contributed by atoms with Crippen LogP contribution in [0.3, 0.4) is 0 Å². The quantitative estimate of drug-likeness (QED) is 0.789. The highest BCUT2D eigenvalue weighted by Gasteiger charge is 2.07. The number of hydrogen-bond donors (Lipinski definition) is 1. The molecule has 2 rings (SSSR count). The van der Waals surface area contributed by atoms with E-state index in [4.69, 9.17) is 4.79 Å². The van der Waals surface area contributed by atoms with E-state index in [1.807, 2.05) is 26.8 Å². The lowest BCUT2D eigenvalue weighted by molar-refractivity contribution is -0.0979. The van der Waals surface area contributed by atoms with Crippen LogP contribution in [0.5, 0.6) is 0 Å². The Kier molecular flexibility index (Phi) is 6.87. The minimum atomic E-state index is -0.172. The van der Waals surface area contributed by atoms with Crippen LogP contribution < -0.4 is 0 Å². The number of halogens is 1. The summed E-state index contributed by atoms with van der Waals surface area (Å²) in [6.45, 7) is 10.2. The van der Waals surface area contributed by atoms with Crippen molar-refractivity contribution < 1.29 is 9.18 Å². The number of rotatable bonds is 1. The van der Waals surface area contributed by atoms with Crippen LogP contribution in [-0.4, -0.2) is 11.8 Å². The van der Waals surface area contributed by atoms with Crippen LogP contribution in [0.15, 0.2) is 24.4 Å². The summed E-state index contributed by atoms with van der Waals surface area (Å²) in [6, 6.07) is 4.83. The van der Waals surface area contributed by atoms with Gasteiger partial charge in [0.1, 0.15) is 12.6 Å². The molecular formula is C14H20FNO. The number of carbonyl (C=O) groups is 1. The van der Waals surface area contributed by atoms with Crippen molar-refractivity contribution in [3.8, 4) is 0 Å². The van der Waals surface area contributed by atoms with Crippen molar-refractivity contribution in [2.45, 2.75) is 33.6 Å². The normalized spacial score (nSPS) is 9.29. The van der Waals surface area contributed by atoms with Gasteiger partial charge in [-0.2, -0.15) is 0 Å². The van der Waals surface area contributed by atoms with Gasteiger partial charge in [0, 0.05) is 17.1 Å². The number of hydrogen-bond acceptors (Lipinski definition) is 1. The Morgan fingerprint density at radius 3 is 2.35 bits per heavy atom. The molecule has 0 saturated carbocycles. The van der Waals surface area contributed by atoms with E-state index in [0.717, 1.165) is 10.9 Å². The van der Waals surface area contributed by atoms with Gasteiger partial charge in [0.05, 0.1) is 0 Å². The second-order valence-corrected chi connectivity index (χ2v) is 3.59. The standard InChI is InChI=1S/C11H12FN.C2H6.CH2O/c1-7(2)10-6-13-11-4-3-8(12)5-9(10)11;2*1-2/h3-7,13H,1-2H3;1-2H3;1H2. The summed E-state index contributed by atoms with van der Waals surface area (Å²) >= 11 is 0. The van der Waals surface area contributed by atoms with Gasteiger partial charge in [-0.15, -0.1) is 0 Å². The van der Waals surface area contributed by atoms with Gasteiger partial charge in [0.25, 0.3) is 0 Å². The Morgan fingerprint density at radius 1 is 1.24 bits per heavy atom. The van der Waals surface area contributed by atoms with Crippen LogP contribution in [0.1, 0.15) is 39.2 Å². The lowest BCUT2D eigenvalue weighted by Crippen LogP contribution is -1.84. The fourth-order valence-electron chi connectivity index (χ4n) is 1.59. The highest BCUT2D eigenvalue weighted by atomic mass is 19.1. The highest BCUT2D eigenvalue weighted by molar-refractivity contribution is 5.83.